The summed E-state index contributed by atoms with van der Waals surface area (Å²) in [6.07, 6.45) is -6.37. The number of hydrogen-bond donors (Lipinski definition) is 5. The van der Waals surface area contributed by atoms with Crippen LogP contribution in [-0.2, 0) is 33.2 Å². The van der Waals surface area contributed by atoms with E-state index in [1.54, 1.807) is 52.9 Å². The van der Waals surface area contributed by atoms with Crippen LogP contribution in [0.2, 0.25) is 0 Å². The van der Waals surface area contributed by atoms with Crippen LogP contribution in [0, 0.1) is 17.8 Å². The molecule has 3 fully saturated rings. The Hall–Kier alpha value is -2.22. The van der Waals surface area contributed by atoms with Crippen LogP contribution < -0.4 is 14.8 Å². The number of rotatable bonds is 11. The van der Waals surface area contributed by atoms with Crippen LogP contribution in [0.1, 0.15) is 102 Å². The highest BCUT2D eigenvalue weighted by Gasteiger charge is 2.53. The summed E-state index contributed by atoms with van der Waals surface area (Å²) in [5.41, 5.74) is -4.44. The lowest BCUT2D eigenvalue weighted by Gasteiger charge is -2.48. The molecule has 16 nitrogen and oxygen atoms in total. The van der Waals surface area contributed by atoms with Crippen molar-refractivity contribution >= 4 is 5.97 Å². The smallest absolute Gasteiger partial charge is 0.311 e. The van der Waals surface area contributed by atoms with E-state index in [9.17, 15) is 25.2 Å². The van der Waals surface area contributed by atoms with Crippen molar-refractivity contribution < 1.29 is 63.1 Å². The number of nitrogens with one attached hydrogen (secondary N) is 1. The molecule has 4 heterocycles. The third-order valence-corrected chi connectivity index (χ3v) is 13.2. The topological polar surface area (TPSA) is 200 Å². The van der Waals surface area contributed by atoms with Crippen LogP contribution in [0.5, 0.6) is 11.6 Å². The first-order chi connectivity index (χ1) is 28.0. The summed E-state index contributed by atoms with van der Waals surface area (Å²) in [5.74, 6) is -1.93. The van der Waals surface area contributed by atoms with Gasteiger partial charge in [0.2, 0.25) is 0 Å². The molecule has 346 valence electrons. The van der Waals surface area contributed by atoms with E-state index in [0.717, 1.165) is 0 Å². The number of nitrogens with zero attached hydrogens (tertiary/aromatic N) is 2. The van der Waals surface area contributed by atoms with Crippen molar-refractivity contribution in [3.05, 3.63) is 18.3 Å². The number of aliphatic hydroxyl groups excluding tert-OH is 2. The normalized spacial score (nSPS) is 44.3. The molecule has 5 N–H and O–H groups in total. The quantitative estimate of drug-likeness (QED) is 0.203. The Bertz CT molecular complexity index is 1500. The predicted octanol–water partition coefficient (Wildman–Crippen LogP) is 3.44. The van der Waals surface area contributed by atoms with E-state index in [0.29, 0.717) is 31.2 Å². The van der Waals surface area contributed by atoms with Gasteiger partial charge in [-0.25, -0.2) is 4.98 Å². The molecule has 3 aliphatic heterocycles. The second kappa shape index (κ2) is 21.0. The van der Waals surface area contributed by atoms with E-state index in [1.807, 2.05) is 53.6 Å². The van der Waals surface area contributed by atoms with Gasteiger partial charge in [-0.05, 0) is 107 Å². The van der Waals surface area contributed by atoms with Crippen LogP contribution in [0.25, 0.3) is 0 Å². The summed E-state index contributed by atoms with van der Waals surface area (Å²) in [6, 6.07) is 2.72. The monoisotopic (exact) mass is 856 g/mol. The van der Waals surface area contributed by atoms with Gasteiger partial charge in [0.05, 0.1) is 54.2 Å². The minimum atomic E-state index is -1.82. The Balaban J connectivity index is 1.87. The number of aliphatic hydroxyl groups is 4. The number of methoxy groups -OCH3 is 1. The first-order valence-corrected chi connectivity index (χ1v) is 21.8. The average molecular weight is 856 g/mol. The fourth-order valence-electron chi connectivity index (χ4n) is 9.51. The van der Waals surface area contributed by atoms with Crippen molar-refractivity contribution in [2.75, 3.05) is 34.4 Å². The fourth-order valence-corrected chi connectivity index (χ4v) is 9.51. The Morgan fingerprint density at radius 3 is 2.28 bits per heavy atom. The lowest BCUT2D eigenvalue weighted by Crippen LogP contribution is -2.61. The molecular formula is C44H77N3O13. The third-order valence-electron chi connectivity index (χ3n) is 13.2. The number of ether oxygens (including phenoxy) is 8. The summed E-state index contributed by atoms with van der Waals surface area (Å²) >= 11 is 0. The van der Waals surface area contributed by atoms with Gasteiger partial charge in [0, 0.05) is 38.2 Å². The molecule has 4 rings (SSSR count). The number of esters is 1. The molecule has 3 aliphatic rings. The molecule has 0 saturated carbocycles. The third kappa shape index (κ3) is 11.5. The van der Waals surface area contributed by atoms with Crippen molar-refractivity contribution in [1.29, 1.82) is 0 Å². The second-order valence-corrected chi connectivity index (χ2v) is 18.4. The maximum absolute atomic E-state index is 14.4. The van der Waals surface area contributed by atoms with Crippen molar-refractivity contribution in [2.24, 2.45) is 17.8 Å². The highest BCUT2D eigenvalue weighted by molar-refractivity contribution is 5.73. The van der Waals surface area contributed by atoms with Crippen molar-refractivity contribution in [2.45, 2.75) is 192 Å². The van der Waals surface area contributed by atoms with Crippen LogP contribution >= 0.6 is 0 Å². The first kappa shape index (κ1) is 50.4. The van der Waals surface area contributed by atoms with E-state index in [4.69, 9.17) is 37.9 Å². The zero-order chi connectivity index (χ0) is 44.9. The van der Waals surface area contributed by atoms with Crippen molar-refractivity contribution in [3.63, 3.8) is 0 Å². The first-order valence-electron chi connectivity index (χ1n) is 21.8. The maximum Gasteiger partial charge on any atom is 0.311 e. The fraction of sp³-hybridized carbons (Fsp3) is 0.864. The van der Waals surface area contributed by atoms with Gasteiger partial charge in [0.25, 0.3) is 5.88 Å². The van der Waals surface area contributed by atoms with Crippen LogP contribution in [-0.4, -0.2) is 161 Å². The Labute approximate surface area is 357 Å². The van der Waals surface area contributed by atoms with E-state index < -0.39 is 96.0 Å². The van der Waals surface area contributed by atoms with Gasteiger partial charge in [-0.2, -0.15) is 0 Å². The number of carbonyl (C=O) groups is 1. The van der Waals surface area contributed by atoms with Gasteiger partial charge in [0.15, 0.2) is 24.4 Å². The molecule has 18 atom stereocenters. The van der Waals surface area contributed by atoms with Crippen LogP contribution in [0.15, 0.2) is 18.3 Å². The summed E-state index contributed by atoms with van der Waals surface area (Å²) in [7, 11) is 5.21. The molecular weight excluding hydrogens is 778 g/mol. The van der Waals surface area contributed by atoms with Gasteiger partial charge in [-0.15, -0.1) is 0 Å². The minimum Gasteiger partial charge on any atom is -0.478 e. The Morgan fingerprint density at radius 2 is 1.67 bits per heavy atom. The highest BCUT2D eigenvalue weighted by atomic mass is 16.7. The Kier molecular flexibility index (Phi) is 17.6. The average Bonchev–Trinajstić information content (AvgIpc) is 3.19. The second-order valence-electron chi connectivity index (χ2n) is 18.4. The van der Waals surface area contributed by atoms with Crippen LogP contribution in [0.3, 0.4) is 0 Å². The molecule has 0 radical (unpaired) electrons. The molecule has 1 aromatic heterocycles. The molecule has 1 aromatic rings. The molecule has 0 spiro atoms. The number of carbonyl (C=O) groups excluding carboxylic acids is 1. The predicted molar refractivity (Wildman–Crippen MR) is 223 cm³/mol. The number of aromatic nitrogens is 1. The number of likely N-dealkylation sites (N-methyl/N-ethyl adjacent to an activating group) is 2. The summed E-state index contributed by atoms with van der Waals surface area (Å²) < 4.78 is 51.1. The number of pyridine rings is 1. The van der Waals surface area contributed by atoms with E-state index >= 15 is 0 Å². The number of cyclic esters (lactones) is 1. The zero-order valence-corrected chi connectivity index (χ0v) is 38.5. The highest BCUT2D eigenvalue weighted by Crippen LogP contribution is 2.41. The molecule has 16 heteroatoms. The zero-order valence-electron chi connectivity index (χ0n) is 38.5. The van der Waals surface area contributed by atoms with E-state index in [1.165, 1.54) is 14.0 Å². The SMILES string of the molecule is CCOc1ncccc1O[C@H]1[C@H](OC2C(C)C(O[C@H]3C[C@@](C)(OC)[C@@H](O)[C@H](C)O3)C(C)C(=O)OC(CC)C(C)(O)C(O)C(C)N(C)CC(C)CC2(C)O)O[C@H](C)C[C@@H]1NC. The van der Waals surface area contributed by atoms with Gasteiger partial charge < -0.3 is 68.5 Å². The largest absolute Gasteiger partial charge is 0.478 e. The summed E-state index contributed by atoms with van der Waals surface area (Å²) in [6.45, 7) is 20.4. The Morgan fingerprint density at radius 1 is 0.983 bits per heavy atom. The summed E-state index contributed by atoms with van der Waals surface area (Å²) in [5, 5.41) is 50.7. The van der Waals surface area contributed by atoms with Crippen molar-refractivity contribution in [1.82, 2.24) is 15.2 Å². The molecule has 10 unspecified atom stereocenters. The van der Waals surface area contributed by atoms with Crippen molar-refractivity contribution in [3.8, 4) is 11.6 Å². The summed E-state index contributed by atoms with van der Waals surface area (Å²) in [4.78, 5) is 20.8. The molecule has 0 aliphatic carbocycles. The van der Waals surface area contributed by atoms with Gasteiger partial charge in [0.1, 0.15) is 23.9 Å². The van der Waals surface area contributed by atoms with Gasteiger partial charge in [-0.1, -0.05) is 20.8 Å². The van der Waals surface area contributed by atoms with E-state index in [2.05, 4.69) is 10.3 Å². The minimum absolute atomic E-state index is 0.123. The standard InChI is InChI=1S/C44H77N3O13/c1-15-32-44(11,52)36(48)28(7)47(13)23-24(3)21-42(9,51)38(26(5)34(27(6)40(50)58-32)59-33-22-43(10,53-14)37(49)29(8)56-33)60-41-35(30(45-12)20-25(4)55-41)57-31-18-17-19-46-39(31)54-16-2/h17-19,24-30,32-38,41,45,48-49,51-52H,15-16,20-23H2,1-14H3/t24?,25-,26?,27?,28?,29+,30+,32?,33+,34?,35-,36?,37+,38?,41+,42?,43-,44?/m1/s1. The lowest BCUT2D eigenvalue weighted by molar-refractivity contribution is -0.314. The van der Waals surface area contributed by atoms with Gasteiger partial charge >= 0.3 is 5.97 Å². The molecule has 60 heavy (non-hydrogen) atoms. The number of hydrogen-bond acceptors (Lipinski definition) is 16. The molecule has 0 bridgehead atoms. The lowest BCUT2D eigenvalue weighted by atomic mass is 9.77. The molecule has 3 saturated heterocycles. The van der Waals surface area contributed by atoms with E-state index in [-0.39, 0.29) is 37.3 Å². The molecule has 0 amide bonds. The van der Waals surface area contributed by atoms with Crippen LogP contribution in [0.4, 0.5) is 0 Å². The molecule has 0 aromatic carbocycles. The van der Waals surface area contributed by atoms with Gasteiger partial charge in [-0.3, -0.25) is 4.79 Å². The maximum atomic E-state index is 14.4.